The highest BCUT2D eigenvalue weighted by molar-refractivity contribution is 9.10. The van der Waals surface area contributed by atoms with Gasteiger partial charge in [0.05, 0.1) is 4.47 Å². The Morgan fingerprint density at radius 3 is 2.16 bits per heavy atom. The Kier molecular flexibility index (Phi) is 6.53. The molecule has 0 unspecified atom stereocenters. The van der Waals surface area contributed by atoms with E-state index in [9.17, 15) is 17.6 Å². The molecule has 156 valence electrons. The predicted octanol–water partition coefficient (Wildman–Crippen LogP) is 6.50. The summed E-state index contributed by atoms with van der Waals surface area (Å²) >= 11 is 2.59. The van der Waals surface area contributed by atoms with Crippen LogP contribution >= 0.6 is 15.9 Å². The summed E-state index contributed by atoms with van der Waals surface area (Å²) in [5.74, 6) is 4.50. The molecule has 0 N–H and O–H groups in total. The molecule has 0 aliphatic carbocycles. The maximum absolute atomic E-state index is 14.3. The van der Waals surface area contributed by atoms with Crippen molar-refractivity contribution in [2.45, 2.75) is 26.2 Å². The lowest BCUT2D eigenvalue weighted by atomic mass is 9.85. The first-order chi connectivity index (χ1) is 14.6. The van der Waals surface area contributed by atoms with Crippen LogP contribution in [0.1, 0.15) is 48.6 Å². The molecule has 0 spiro atoms. The van der Waals surface area contributed by atoms with Gasteiger partial charge >= 0.3 is 0 Å². The second kappa shape index (κ2) is 8.96. The molecule has 0 fully saturated rings. The number of rotatable bonds is 0. The van der Waals surface area contributed by atoms with Gasteiger partial charge in [-0.15, -0.1) is 0 Å². The van der Waals surface area contributed by atoms with Crippen LogP contribution in [0, 0.1) is 47.0 Å². The highest BCUT2D eigenvalue weighted by Crippen LogP contribution is 2.28. The molecule has 0 radical (unpaired) electrons. The summed E-state index contributed by atoms with van der Waals surface area (Å²) in [5.41, 5.74) is 1.57. The molecule has 0 saturated carbocycles. The van der Waals surface area contributed by atoms with E-state index in [1.165, 1.54) is 0 Å². The summed E-state index contributed by atoms with van der Waals surface area (Å²) in [7, 11) is 0. The summed E-state index contributed by atoms with van der Waals surface area (Å²) in [4.78, 5) is 4.01. The van der Waals surface area contributed by atoms with Gasteiger partial charge in [-0.1, -0.05) is 50.5 Å². The van der Waals surface area contributed by atoms with Crippen molar-refractivity contribution in [3.8, 4) is 23.7 Å². The first-order valence-electron chi connectivity index (χ1n) is 9.19. The molecule has 0 bridgehead atoms. The lowest BCUT2D eigenvalue weighted by Crippen LogP contribution is -2.11. The van der Waals surface area contributed by atoms with Gasteiger partial charge in [-0.05, 0) is 51.2 Å². The van der Waals surface area contributed by atoms with E-state index in [1.54, 1.807) is 30.6 Å². The molecule has 0 amide bonds. The largest absolute Gasteiger partial charge is 0.263 e. The monoisotopic (exact) mass is 485 g/mol. The Morgan fingerprint density at radius 2 is 1.52 bits per heavy atom. The van der Waals surface area contributed by atoms with Gasteiger partial charge in [-0.2, -0.15) is 0 Å². The minimum atomic E-state index is -1.79. The molecule has 2 aromatic carbocycles. The van der Waals surface area contributed by atoms with E-state index in [0.29, 0.717) is 16.7 Å². The molecule has 0 aliphatic rings. The lowest BCUT2D eigenvalue weighted by Gasteiger charge is -2.19. The van der Waals surface area contributed by atoms with Crippen molar-refractivity contribution >= 4 is 15.9 Å². The number of benzene rings is 2. The minimum Gasteiger partial charge on any atom is -0.263 e. The zero-order valence-electron chi connectivity index (χ0n) is 16.9. The van der Waals surface area contributed by atoms with Crippen molar-refractivity contribution in [2.24, 2.45) is 0 Å². The zero-order chi connectivity index (χ0) is 22.8. The van der Waals surface area contributed by atoms with Crippen LogP contribution < -0.4 is 0 Å². The molecule has 0 aliphatic heterocycles. The van der Waals surface area contributed by atoms with Crippen LogP contribution in [-0.4, -0.2) is 4.98 Å². The third-order valence-corrected chi connectivity index (χ3v) is 5.12. The van der Waals surface area contributed by atoms with E-state index in [1.807, 2.05) is 32.9 Å². The average molecular weight is 486 g/mol. The normalized spacial score (nSPS) is 10.7. The molecule has 1 aromatic heterocycles. The molecular weight excluding hydrogens is 470 g/mol. The standard InChI is InChI=1S/C25H16BrF4N/c1-25(2,3)18-10-8-16(17(13-18)7-6-15-5-4-12-31-14-15)9-11-19-21(27)20(26)23(29)24(30)22(19)28/h4-5,8,10,12-14H,1-3H3. The summed E-state index contributed by atoms with van der Waals surface area (Å²) in [5, 5.41) is 0. The van der Waals surface area contributed by atoms with Gasteiger partial charge < -0.3 is 0 Å². The molecule has 31 heavy (non-hydrogen) atoms. The average Bonchev–Trinajstić information content (AvgIpc) is 2.75. The number of aromatic nitrogens is 1. The van der Waals surface area contributed by atoms with E-state index in [2.05, 4.69) is 44.6 Å². The van der Waals surface area contributed by atoms with Gasteiger partial charge in [-0.25, -0.2) is 17.6 Å². The summed E-state index contributed by atoms with van der Waals surface area (Å²) in [6.07, 6.45) is 3.24. The van der Waals surface area contributed by atoms with Gasteiger partial charge in [0.15, 0.2) is 23.3 Å². The van der Waals surface area contributed by atoms with Crippen LogP contribution in [-0.2, 0) is 5.41 Å². The molecular formula is C25H16BrF4N. The van der Waals surface area contributed by atoms with E-state index in [4.69, 9.17) is 0 Å². The fraction of sp³-hybridized carbons (Fsp3) is 0.160. The number of hydrogen-bond donors (Lipinski definition) is 0. The van der Waals surface area contributed by atoms with Gasteiger partial charge in [-0.3, -0.25) is 4.98 Å². The van der Waals surface area contributed by atoms with Crippen LogP contribution in [0.4, 0.5) is 17.6 Å². The number of nitrogens with zero attached hydrogens (tertiary/aromatic N) is 1. The van der Waals surface area contributed by atoms with Gasteiger partial charge in [0, 0.05) is 29.1 Å². The summed E-state index contributed by atoms with van der Waals surface area (Å²) < 4.78 is 54.7. The molecule has 3 rings (SSSR count). The SMILES string of the molecule is CC(C)(C)c1ccc(C#Cc2c(F)c(F)c(F)c(Br)c2F)c(C#Cc2cccnc2)c1. The van der Waals surface area contributed by atoms with E-state index < -0.39 is 33.3 Å². The van der Waals surface area contributed by atoms with Crippen molar-refractivity contribution < 1.29 is 17.6 Å². The van der Waals surface area contributed by atoms with E-state index in [-0.39, 0.29) is 5.41 Å². The van der Waals surface area contributed by atoms with Gasteiger partial charge in [0.2, 0.25) is 0 Å². The van der Waals surface area contributed by atoms with E-state index >= 15 is 0 Å². The predicted molar refractivity (Wildman–Crippen MR) is 115 cm³/mol. The molecule has 0 atom stereocenters. The van der Waals surface area contributed by atoms with Crippen molar-refractivity contribution in [1.29, 1.82) is 0 Å². The van der Waals surface area contributed by atoms with Crippen molar-refractivity contribution in [2.75, 3.05) is 0 Å². The second-order valence-electron chi connectivity index (χ2n) is 7.70. The lowest BCUT2D eigenvalue weighted by molar-refractivity contribution is 0.427. The molecule has 1 heterocycles. The Balaban J connectivity index is 2.15. The number of hydrogen-bond acceptors (Lipinski definition) is 1. The molecule has 0 saturated heterocycles. The third kappa shape index (κ3) is 4.98. The third-order valence-electron chi connectivity index (χ3n) is 4.42. The highest BCUT2D eigenvalue weighted by Gasteiger charge is 2.23. The van der Waals surface area contributed by atoms with E-state index in [0.717, 1.165) is 5.56 Å². The van der Waals surface area contributed by atoms with Crippen molar-refractivity contribution in [3.63, 3.8) is 0 Å². The number of pyridine rings is 1. The molecule has 3 aromatic rings. The fourth-order valence-corrected chi connectivity index (χ4v) is 3.02. The van der Waals surface area contributed by atoms with Crippen LogP contribution in [0.5, 0.6) is 0 Å². The Morgan fingerprint density at radius 1 is 0.806 bits per heavy atom. The van der Waals surface area contributed by atoms with Crippen LogP contribution in [0.15, 0.2) is 47.2 Å². The van der Waals surface area contributed by atoms with Gasteiger partial charge in [0.25, 0.3) is 0 Å². The topological polar surface area (TPSA) is 12.9 Å². The van der Waals surface area contributed by atoms with Crippen LogP contribution in [0.3, 0.4) is 0 Å². The van der Waals surface area contributed by atoms with Crippen LogP contribution in [0.25, 0.3) is 0 Å². The van der Waals surface area contributed by atoms with Crippen molar-refractivity contribution in [3.05, 3.63) is 98.3 Å². The smallest absolute Gasteiger partial charge is 0.197 e. The molecule has 6 heteroatoms. The quantitative estimate of drug-likeness (QED) is 0.153. The minimum absolute atomic E-state index is 0.167. The van der Waals surface area contributed by atoms with Crippen molar-refractivity contribution in [1.82, 2.24) is 4.98 Å². The first kappa shape index (κ1) is 22.6. The zero-order valence-corrected chi connectivity index (χ0v) is 18.5. The van der Waals surface area contributed by atoms with Gasteiger partial charge in [0.1, 0.15) is 5.56 Å². The summed E-state index contributed by atoms with van der Waals surface area (Å²) in [6.45, 7) is 6.11. The fourth-order valence-electron chi connectivity index (χ4n) is 2.64. The highest BCUT2D eigenvalue weighted by atomic mass is 79.9. The maximum atomic E-state index is 14.3. The maximum Gasteiger partial charge on any atom is 0.197 e. The Labute approximate surface area is 186 Å². The molecule has 1 nitrogen and oxygen atoms in total. The second-order valence-corrected chi connectivity index (χ2v) is 8.49. The Hall–Kier alpha value is -3.09. The number of halogens is 5. The Bertz CT molecular complexity index is 1240. The summed E-state index contributed by atoms with van der Waals surface area (Å²) in [6, 6.07) is 8.92. The van der Waals surface area contributed by atoms with Crippen LogP contribution in [0.2, 0.25) is 0 Å². The first-order valence-corrected chi connectivity index (χ1v) is 9.99.